The van der Waals surface area contributed by atoms with Crippen molar-refractivity contribution in [3.8, 4) is 0 Å². The quantitative estimate of drug-likeness (QED) is 0.519. The lowest BCUT2D eigenvalue weighted by molar-refractivity contribution is -0.138. The Morgan fingerprint density at radius 1 is 0.708 bits per heavy atom. The fraction of sp³-hybridized carbons (Fsp3) is 0.500. The van der Waals surface area contributed by atoms with E-state index in [1.54, 1.807) is 37.4 Å². The number of H-pyrrole nitrogens is 2. The van der Waals surface area contributed by atoms with E-state index in [1.807, 2.05) is 0 Å². The van der Waals surface area contributed by atoms with Gasteiger partial charge in [0.05, 0.1) is 12.7 Å². The van der Waals surface area contributed by atoms with Crippen molar-refractivity contribution < 1.29 is 19.8 Å². The molecule has 0 aliphatic heterocycles. The van der Waals surface area contributed by atoms with E-state index < -0.39 is 11.9 Å². The topological polar surface area (TPSA) is 132 Å². The minimum Gasteiger partial charge on any atom is -0.481 e. The average Bonchev–Trinajstić information content (AvgIpc) is 3.28. The van der Waals surface area contributed by atoms with Crippen LogP contribution in [0.1, 0.15) is 51.4 Å². The van der Waals surface area contributed by atoms with Crippen molar-refractivity contribution >= 4 is 11.9 Å². The number of carbonyl (C=O) groups is 2. The second-order valence-corrected chi connectivity index (χ2v) is 4.93. The summed E-state index contributed by atoms with van der Waals surface area (Å²) in [6, 6.07) is 0. The maximum Gasteiger partial charge on any atom is 0.303 e. The lowest BCUT2D eigenvalue weighted by Gasteiger charge is -1.98. The van der Waals surface area contributed by atoms with Gasteiger partial charge in [0.25, 0.3) is 0 Å². The summed E-state index contributed by atoms with van der Waals surface area (Å²) in [5.74, 6) is -1.48. The summed E-state index contributed by atoms with van der Waals surface area (Å²) >= 11 is 0. The van der Waals surface area contributed by atoms with Crippen molar-refractivity contribution in [2.45, 2.75) is 51.4 Å². The largest absolute Gasteiger partial charge is 0.481 e. The van der Waals surface area contributed by atoms with Crippen LogP contribution in [0.3, 0.4) is 0 Å². The van der Waals surface area contributed by atoms with Gasteiger partial charge in [0.2, 0.25) is 0 Å². The molecule has 8 heteroatoms. The summed E-state index contributed by atoms with van der Waals surface area (Å²) in [6.07, 6.45) is 16.0. The SMILES string of the molecule is O=C(O)CCCCCCCCC(=O)O.c1c[nH]cn1.c1c[nH]cn1. The molecule has 4 N–H and O–H groups in total. The van der Waals surface area contributed by atoms with Gasteiger partial charge in [0.15, 0.2) is 0 Å². The van der Waals surface area contributed by atoms with Gasteiger partial charge in [-0.1, -0.05) is 25.7 Å². The first kappa shape index (κ1) is 21.4. The van der Waals surface area contributed by atoms with Crippen LogP contribution in [-0.4, -0.2) is 42.1 Å². The fourth-order valence-electron chi connectivity index (χ4n) is 1.69. The van der Waals surface area contributed by atoms with Gasteiger partial charge in [0.1, 0.15) is 0 Å². The molecule has 0 amide bonds. The van der Waals surface area contributed by atoms with Crippen molar-refractivity contribution in [3.05, 3.63) is 37.4 Å². The molecule has 2 rings (SSSR count). The number of imidazole rings is 2. The molecule has 0 aliphatic carbocycles. The molecule has 0 fully saturated rings. The molecule has 2 aromatic heterocycles. The van der Waals surface area contributed by atoms with Crippen LogP contribution in [0.4, 0.5) is 0 Å². The predicted molar refractivity (Wildman–Crippen MR) is 89.4 cm³/mol. The highest BCUT2D eigenvalue weighted by molar-refractivity contribution is 5.66. The normalized spacial score (nSPS) is 9.17. The molecule has 0 bridgehead atoms. The Labute approximate surface area is 141 Å². The number of carboxylic acids is 2. The molecule has 24 heavy (non-hydrogen) atoms. The third kappa shape index (κ3) is 19.4. The zero-order chi connectivity index (χ0) is 17.9. The summed E-state index contributed by atoms with van der Waals surface area (Å²) in [5, 5.41) is 16.7. The summed E-state index contributed by atoms with van der Waals surface area (Å²) in [4.78, 5) is 33.1. The number of nitrogens with one attached hydrogen (secondary N) is 2. The standard InChI is InChI=1S/C10H18O4.2C3H4N2/c11-9(12)7-5-3-1-2-4-6-8-10(13)14;2*1-2-5-3-4-1/h1-8H2,(H,11,12)(H,13,14);2*1-3H,(H,4,5). The minimum atomic E-state index is -0.740. The van der Waals surface area contributed by atoms with Gasteiger partial charge >= 0.3 is 11.9 Å². The number of nitrogens with zero attached hydrogens (tertiary/aromatic N) is 2. The van der Waals surface area contributed by atoms with E-state index >= 15 is 0 Å². The summed E-state index contributed by atoms with van der Waals surface area (Å²) in [6.45, 7) is 0. The van der Waals surface area contributed by atoms with Crippen molar-refractivity contribution in [1.82, 2.24) is 19.9 Å². The highest BCUT2D eigenvalue weighted by atomic mass is 16.4. The number of aromatic nitrogens is 4. The fourth-order valence-corrected chi connectivity index (χ4v) is 1.69. The first-order valence-corrected chi connectivity index (χ1v) is 7.92. The van der Waals surface area contributed by atoms with Gasteiger partial charge in [-0.25, -0.2) is 9.97 Å². The molecule has 8 nitrogen and oxygen atoms in total. The van der Waals surface area contributed by atoms with E-state index in [-0.39, 0.29) is 12.8 Å². The first-order chi connectivity index (χ1) is 11.6. The Bertz CT molecular complexity index is 405. The second-order valence-electron chi connectivity index (χ2n) is 4.93. The number of unbranched alkanes of at least 4 members (excludes halogenated alkanes) is 5. The monoisotopic (exact) mass is 338 g/mol. The highest BCUT2D eigenvalue weighted by Gasteiger charge is 1.98. The molecule has 0 saturated carbocycles. The molecule has 134 valence electrons. The number of aromatic amines is 2. The number of aliphatic carboxylic acids is 2. The zero-order valence-corrected chi connectivity index (χ0v) is 13.7. The van der Waals surface area contributed by atoms with Crippen molar-refractivity contribution in [3.63, 3.8) is 0 Å². The number of hydrogen-bond donors (Lipinski definition) is 4. The number of hydrogen-bond acceptors (Lipinski definition) is 4. The van der Waals surface area contributed by atoms with E-state index in [9.17, 15) is 9.59 Å². The predicted octanol–water partition coefficient (Wildman–Crippen LogP) is 3.10. The Morgan fingerprint density at radius 3 is 1.29 bits per heavy atom. The molecule has 0 aliphatic rings. The molecule has 0 unspecified atom stereocenters. The molecule has 0 saturated heterocycles. The molecule has 0 spiro atoms. The van der Waals surface area contributed by atoms with Gasteiger partial charge in [-0.2, -0.15) is 0 Å². The van der Waals surface area contributed by atoms with Crippen molar-refractivity contribution in [2.75, 3.05) is 0 Å². The van der Waals surface area contributed by atoms with Gasteiger partial charge in [-0.3, -0.25) is 9.59 Å². The van der Waals surface area contributed by atoms with Gasteiger partial charge in [-0.15, -0.1) is 0 Å². The van der Waals surface area contributed by atoms with Gasteiger partial charge in [-0.05, 0) is 12.8 Å². The minimum absolute atomic E-state index is 0.245. The molecule has 2 heterocycles. The van der Waals surface area contributed by atoms with Crippen LogP contribution >= 0.6 is 0 Å². The van der Waals surface area contributed by atoms with Crippen LogP contribution in [0.25, 0.3) is 0 Å². The maximum absolute atomic E-state index is 10.1. The molecule has 0 atom stereocenters. The third-order valence-electron chi connectivity index (χ3n) is 2.84. The van der Waals surface area contributed by atoms with E-state index in [2.05, 4.69) is 19.9 Å². The summed E-state index contributed by atoms with van der Waals surface area (Å²) < 4.78 is 0. The molecular weight excluding hydrogens is 312 g/mol. The molecule has 0 aromatic carbocycles. The second kappa shape index (κ2) is 16.7. The lowest BCUT2D eigenvalue weighted by atomic mass is 10.1. The van der Waals surface area contributed by atoms with Crippen LogP contribution in [-0.2, 0) is 9.59 Å². The zero-order valence-electron chi connectivity index (χ0n) is 13.7. The van der Waals surface area contributed by atoms with Gasteiger partial charge < -0.3 is 20.2 Å². The van der Waals surface area contributed by atoms with Crippen LogP contribution in [0.15, 0.2) is 37.4 Å². The summed E-state index contributed by atoms with van der Waals surface area (Å²) in [5.41, 5.74) is 0. The van der Waals surface area contributed by atoms with E-state index in [1.165, 1.54) is 0 Å². The van der Waals surface area contributed by atoms with Gasteiger partial charge in [0, 0.05) is 37.6 Å². The van der Waals surface area contributed by atoms with Crippen molar-refractivity contribution in [1.29, 1.82) is 0 Å². The van der Waals surface area contributed by atoms with E-state index in [4.69, 9.17) is 10.2 Å². The lowest BCUT2D eigenvalue weighted by Crippen LogP contribution is -1.94. The van der Waals surface area contributed by atoms with Crippen molar-refractivity contribution in [2.24, 2.45) is 0 Å². The maximum atomic E-state index is 10.1. The van der Waals surface area contributed by atoms with E-state index in [0.717, 1.165) is 38.5 Å². The van der Waals surface area contributed by atoms with Crippen LogP contribution in [0.2, 0.25) is 0 Å². The average molecular weight is 338 g/mol. The number of carboxylic acid groups (broad SMARTS) is 2. The van der Waals surface area contributed by atoms with Crippen LogP contribution < -0.4 is 0 Å². The van der Waals surface area contributed by atoms with Crippen LogP contribution in [0, 0.1) is 0 Å². The molecule has 2 aromatic rings. The Balaban J connectivity index is 0.000000420. The Kier molecular flexibility index (Phi) is 14.9. The van der Waals surface area contributed by atoms with Crippen LogP contribution in [0.5, 0.6) is 0 Å². The molecular formula is C16H26N4O4. The third-order valence-corrected chi connectivity index (χ3v) is 2.84. The first-order valence-electron chi connectivity index (χ1n) is 7.92. The Hall–Kier alpha value is -2.64. The number of rotatable bonds is 9. The van der Waals surface area contributed by atoms with E-state index in [0.29, 0.717) is 0 Å². The molecule has 0 radical (unpaired) electrons. The highest BCUT2D eigenvalue weighted by Crippen LogP contribution is 2.08. The smallest absolute Gasteiger partial charge is 0.303 e. The summed E-state index contributed by atoms with van der Waals surface area (Å²) in [7, 11) is 0. The Morgan fingerprint density at radius 2 is 1.08 bits per heavy atom.